The van der Waals surface area contributed by atoms with E-state index in [1.54, 1.807) is 21.3 Å². The van der Waals surface area contributed by atoms with Crippen LogP contribution in [0.4, 0.5) is 0 Å². The maximum absolute atomic E-state index is 5.47. The van der Waals surface area contributed by atoms with Gasteiger partial charge in [0.1, 0.15) is 17.2 Å². The van der Waals surface area contributed by atoms with E-state index >= 15 is 0 Å². The predicted molar refractivity (Wildman–Crippen MR) is 84.2 cm³/mol. The molecule has 4 heteroatoms. The summed E-state index contributed by atoms with van der Waals surface area (Å²) < 4.78 is 16.2. The van der Waals surface area contributed by atoms with Crippen LogP contribution >= 0.6 is 15.9 Å². The van der Waals surface area contributed by atoms with Gasteiger partial charge in [0.15, 0.2) is 0 Å². The van der Waals surface area contributed by atoms with Gasteiger partial charge in [0.25, 0.3) is 0 Å². The molecule has 2 aromatic carbocycles. The molecule has 0 fully saturated rings. The summed E-state index contributed by atoms with van der Waals surface area (Å²) in [4.78, 5) is 0. The maximum atomic E-state index is 5.47. The highest BCUT2D eigenvalue weighted by Gasteiger charge is 2.15. The Morgan fingerprint density at radius 2 is 1.40 bits per heavy atom. The van der Waals surface area contributed by atoms with E-state index in [0.717, 1.165) is 28.0 Å². The molecule has 0 radical (unpaired) electrons. The second-order valence-corrected chi connectivity index (χ2v) is 4.80. The number of methoxy groups -OCH3 is 3. The van der Waals surface area contributed by atoms with Crippen molar-refractivity contribution in [2.45, 2.75) is 5.33 Å². The fraction of sp³-hybridized carbons (Fsp3) is 0.250. The number of hydrogen-bond acceptors (Lipinski definition) is 3. The van der Waals surface area contributed by atoms with E-state index in [-0.39, 0.29) is 0 Å². The molecule has 0 atom stereocenters. The lowest BCUT2D eigenvalue weighted by atomic mass is 10.0. The van der Waals surface area contributed by atoms with E-state index in [1.165, 1.54) is 5.56 Å². The average Bonchev–Trinajstić information content (AvgIpc) is 2.53. The smallest absolute Gasteiger partial charge is 0.134 e. The predicted octanol–water partition coefficient (Wildman–Crippen LogP) is 4.27. The largest absolute Gasteiger partial charge is 0.496 e. The van der Waals surface area contributed by atoms with Crippen LogP contribution in [0.2, 0.25) is 0 Å². The Kier molecular flexibility index (Phi) is 4.90. The normalized spacial score (nSPS) is 10.2. The van der Waals surface area contributed by atoms with Crippen LogP contribution in [-0.4, -0.2) is 21.3 Å². The summed E-state index contributed by atoms with van der Waals surface area (Å²) in [6.45, 7) is 0. The fourth-order valence-corrected chi connectivity index (χ4v) is 2.42. The van der Waals surface area contributed by atoms with Crippen molar-refractivity contribution in [2.24, 2.45) is 0 Å². The average molecular weight is 337 g/mol. The van der Waals surface area contributed by atoms with Crippen molar-refractivity contribution in [3.05, 3.63) is 42.0 Å². The van der Waals surface area contributed by atoms with E-state index in [2.05, 4.69) is 40.2 Å². The minimum Gasteiger partial charge on any atom is -0.496 e. The molecule has 0 spiro atoms. The Hall–Kier alpha value is -1.68. The molecule has 0 aromatic heterocycles. The molecule has 0 saturated heterocycles. The van der Waals surface area contributed by atoms with Gasteiger partial charge in [-0.1, -0.05) is 40.2 Å². The zero-order valence-electron chi connectivity index (χ0n) is 11.8. The van der Waals surface area contributed by atoms with Crippen molar-refractivity contribution < 1.29 is 14.2 Å². The number of rotatable bonds is 5. The first kappa shape index (κ1) is 14.7. The van der Waals surface area contributed by atoms with E-state index in [0.29, 0.717) is 5.75 Å². The van der Waals surface area contributed by atoms with E-state index in [4.69, 9.17) is 14.2 Å². The Morgan fingerprint density at radius 1 is 0.850 bits per heavy atom. The zero-order valence-corrected chi connectivity index (χ0v) is 13.4. The zero-order chi connectivity index (χ0) is 14.5. The molecule has 20 heavy (non-hydrogen) atoms. The maximum Gasteiger partial charge on any atom is 0.134 e. The quantitative estimate of drug-likeness (QED) is 0.763. The standard InChI is InChI=1S/C16H17BrO3/c1-18-13-8-14(19-2)16(15(9-13)20-3)12-6-4-11(10-17)5-7-12/h4-9H,10H2,1-3H3. The number of ether oxygens (including phenoxy) is 3. The second-order valence-electron chi connectivity index (χ2n) is 4.24. The van der Waals surface area contributed by atoms with Crippen molar-refractivity contribution in [2.75, 3.05) is 21.3 Å². The summed E-state index contributed by atoms with van der Waals surface area (Å²) in [5, 5.41) is 0.837. The van der Waals surface area contributed by atoms with Crippen LogP contribution in [0.25, 0.3) is 11.1 Å². The molecule has 0 bridgehead atoms. The van der Waals surface area contributed by atoms with E-state index < -0.39 is 0 Å². The fourth-order valence-electron chi connectivity index (χ4n) is 2.05. The van der Waals surface area contributed by atoms with Gasteiger partial charge in [-0.15, -0.1) is 0 Å². The number of alkyl halides is 1. The SMILES string of the molecule is COc1cc(OC)c(-c2ccc(CBr)cc2)c(OC)c1. The van der Waals surface area contributed by atoms with Crippen LogP contribution < -0.4 is 14.2 Å². The van der Waals surface area contributed by atoms with E-state index in [9.17, 15) is 0 Å². The van der Waals surface area contributed by atoms with Gasteiger partial charge >= 0.3 is 0 Å². The van der Waals surface area contributed by atoms with Crippen LogP contribution in [0, 0.1) is 0 Å². The van der Waals surface area contributed by atoms with Crippen LogP contribution in [0.1, 0.15) is 5.56 Å². The highest BCUT2D eigenvalue weighted by atomic mass is 79.9. The molecular formula is C16H17BrO3. The van der Waals surface area contributed by atoms with Gasteiger partial charge in [-0.2, -0.15) is 0 Å². The first-order chi connectivity index (χ1) is 9.73. The Bertz CT molecular complexity index is 554. The highest BCUT2D eigenvalue weighted by Crippen LogP contribution is 2.41. The van der Waals surface area contributed by atoms with Gasteiger partial charge in [-0.25, -0.2) is 0 Å². The molecule has 0 heterocycles. The minimum atomic E-state index is 0.708. The lowest BCUT2D eigenvalue weighted by Crippen LogP contribution is -1.95. The Morgan fingerprint density at radius 3 is 1.80 bits per heavy atom. The summed E-state index contributed by atoms with van der Waals surface area (Å²) in [6, 6.07) is 12.0. The van der Waals surface area contributed by atoms with Crippen LogP contribution in [0.15, 0.2) is 36.4 Å². The monoisotopic (exact) mass is 336 g/mol. The summed E-state index contributed by atoms with van der Waals surface area (Å²) >= 11 is 3.45. The third kappa shape index (κ3) is 2.90. The van der Waals surface area contributed by atoms with Crippen molar-refractivity contribution in [1.82, 2.24) is 0 Å². The molecule has 0 aliphatic rings. The molecule has 0 saturated carbocycles. The van der Waals surface area contributed by atoms with Gasteiger partial charge in [0.05, 0.1) is 26.9 Å². The summed E-state index contributed by atoms with van der Waals surface area (Å²) in [6.07, 6.45) is 0. The molecule has 0 N–H and O–H groups in total. The lowest BCUT2D eigenvalue weighted by molar-refractivity contribution is 0.377. The molecule has 2 aromatic rings. The van der Waals surface area contributed by atoms with Crippen LogP contribution in [-0.2, 0) is 5.33 Å². The molecule has 0 aliphatic carbocycles. The third-order valence-electron chi connectivity index (χ3n) is 3.11. The summed E-state index contributed by atoms with van der Waals surface area (Å²) in [7, 11) is 4.91. The topological polar surface area (TPSA) is 27.7 Å². The lowest BCUT2D eigenvalue weighted by Gasteiger charge is -2.15. The Balaban J connectivity index is 2.57. The van der Waals surface area contributed by atoms with Crippen molar-refractivity contribution in [1.29, 1.82) is 0 Å². The number of benzene rings is 2. The summed E-state index contributed by atoms with van der Waals surface area (Å²) in [5.41, 5.74) is 3.20. The minimum absolute atomic E-state index is 0.708. The number of halogens is 1. The second kappa shape index (κ2) is 6.66. The molecule has 3 nitrogen and oxygen atoms in total. The molecule has 2 rings (SSSR count). The van der Waals surface area contributed by atoms with Crippen molar-refractivity contribution in [3.63, 3.8) is 0 Å². The van der Waals surface area contributed by atoms with Gasteiger partial charge in [-0.05, 0) is 11.1 Å². The number of hydrogen-bond donors (Lipinski definition) is 0. The first-order valence-electron chi connectivity index (χ1n) is 6.18. The Labute approximate surface area is 127 Å². The molecule has 0 unspecified atom stereocenters. The van der Waals surface area contributed by atoms with Crippen molar-refractivity contribution >= 4 is 15.9 Å². The van der Waals surface area contributed by atoms with Crippen LogP contribution in [0.3, 0.4) is 0 Å². The highest BCUT2D eigenvalue weighted by molar-refractivity contribution is 9.08. The summed E-state index contributed by atoms with van der Waals surface area (Å²) in [5.74, 6) is 2.17. The first-order valence-corrected chi connectivity index (χ1v) is 7.31. The van der Waals surface area contributed by atoms with Gasteiger partial charge in [0.2, 0.25) is 0 Å². The van der Waals surface area contributed by atoms with Gasteiger partial charge in [0, 0.05) is 17.5 Å². The van der Waals surface area contributed by atoms with E-state index in [1.807, 2.05) is 12.1 Å². The molecule has 0 aliphatic heterocycles. The van der Waals surface area contributed by atoms with Gasteiger partial charge < -0.3 is 14.2 Å². The molecular weight excluding hydrogens is 320 g/mol. The third-order valence-corrected chi connectivity index (χ3v) is 3.76. The molecule has 106 valence electrons. The van der Waals surface area contributed by atoms with Gasteiger partial charge in [-0.3, -0.25) is 0 Å². The van der Waals surface area contributed by atoms with Crippen LogP contribution in [0.5, 0.6) is 17.2 Å². The molecule has 0 amide bonds. The van der Waals surface area contributed by atoms with Crippen molar-refractivity contribution in [3.8, 4) is 28.4 Å².